The molecule has 4 N–H and O–H groups in total. The summed E-state index contributed by atoms with van der Waals surface area (Å²) in [6, 6.07) is 8.27. The maximum atomic E-state index is 15.8. The number of carbonyl (C=O) groups excluding carboxylic acids is 2. The Morgan fingerprint density at radius 1 is 1.20 bits per heavy atom. The average molecular weight is 611 g/mol. The molecule has 1 aliphatic rings. The molecule has 0 aromatic heterocycles. The van der Waals surface area contributed by atoms with Crippen molar-refractivity contribution in [2.75, 3.05) is 6.61 Å². The number of carbonyl (C=O) groups is 2. The monoisotopic (exact) mass is 609 g/mol. The minimum atomic E-state index is -1.81. The van der Waals surface area contributed by atoms with Crippen molar-refractivity contribution in [3.63, 3.8) is 0 Å². The van der Waals surface area contributed by atoms with E-state index in [1.165, 1.54) is 30.3 Å². The predicted octanol–water partition coefficient (Wildman–Crippen LogP) is 5.54. The number of hydrogen-bond acceptors (Lipinski definition) is 6. The van der Waals surface area contributed by atoms with E-state index in [0.29, 0.717) is 6.42 Å². The fraction of sp³-hybridized carbons (Fsp3) is 0.500. The van der Waals surface area contributed by atoms with Crippen LogP contribution in [0.1, 0.15) is 69.9 Å². The van der Waals surface area contributed by atoms with Gasteiger partial charge in [0.05, 0.1) is 23.6 Å². The fourth-order valence-corrected chi connectivity index (χ4v) is 6.44. The molecule has 3 rings (SSSR count). The first-order valence-electron chi connectivity index (χ1n) is 13.6. The topological polar surface area (TPSA) is 125 Å². The number of halogens is 4. The first-order valence-corrected chi connectivity index (χ1v) is 14.3. The van der Waals surface area contributed by atoms with Crippen molar-refractivity contribution in [2.24, 2.45) is 11.1 Å². The van der Waals surface area contributed by atoms with Gasteiger partial charge in [0.15, 0.2) is 0 Å². The van der Waals surface area contributed by atoms with Crippen LogP contribution in [0.25, 0.3) is 0 Å². The molecule has 222 valence electrons. The third kappa shape index (κ3) is 6.51. The molecule has 41 heavy (non-hydrogen) atoms. The summed E-state index contributed by atoms with van der Waals surface area (Å²) in [5, 5.41) is 24.1. The van der Waals surface area contributed by atoms with E-state index in [-0.39, 0.29) is 26.6 Å². The number of nitrogens with zero attached hydrogens (tertiary/aromatic N) is 1. The number of nitriles is 1. The van der Waals surface area contributed by atoms with Gasteiger partial charge in [-0.2, -0.15) is 5.26 Å². The van der Waals surface area contributed by atoms with Crippen molar-refractivity contribution in [2.45, 2.75) is 82.4 Å². The highest BCUT2D eigenvalue weighted by Gasteiger charge is 2.62. The Morgan fingerprint density at radius 3 is 2.41 bits per heavy atom. The van der Waals surface area contributed by atoms with E-state index < -0.39 is 66.1 Å². The maximum absolute atomic E-state index is 15.8. The Morgan fingerprint density at radius 2 is 1.85 bits per heavy atom. The predicted molar refractivity (Wildman–Crippen MR) is 152 cm³/mol. The number of aliphatic hydroxyl groups is 1. The molecular weight excluding hydrogens is 575 g/mol. The molecule has 1 fully saturated rings. The van der Waals surface area contributed by atoms with Crippen molar-refractivity contribution >= 4 is 35.1 Å². The number of rotatable bonds is 12. The first-order chi connectivity index (χ1) is 19.4. The molecule has 1 amide bonds. The molecule has 1 saturated heterocycles. The molecular formula is C30H35Cl2F2N3O4. The summed E-state index contributed by atoms with van der Waals surface area (Å²) in [4.78, 5) is 24.8. The van der Waals surface area contributed by atoms with Gasteiger partial charge in [-0.15, -0.1) is 0 Å². The summed E-state index contributed by atoms with van der Waals surface area (Å²) < 4.78 is 36.9. The van der Waals surface area contributed by atoms with Gasteiger partial charge in [-0.05, 0) is 35.6 Å². The van der Waals surface area contributed by atoms with Gasteiger partial charge in [0.2, 0.25) is 5.91 Å². The highest BCUT2D eigenvalue weighted by atomic mass is 35.5. The molecule has 0 radical (unpaired) electrons. The Hall–Kier alpha value is -2.77. The number of nitrogens with two attached hydrogens (primary N) is 1. The molecule has 0 bridgehead atoms. The number of aliphatic hydroxyl groups excluding tert-OH is 1. The lowest BCUT2D eigenvalue weighted by Crippen LogP contribution is -2.46. The molecule has 1 heterocycles. The van der Waals surface area contributed by atoms with Crippen LogP contribution in [0.3, 0.4) is 0 Å². The van der Waals surface area contributed by atoms with Gasteiger partial charge in [-0.3, -0.25) is 14.9 Å². The molecule has 1 aliphatic heterocycles. The average Bonchev–Trinajstić information content (AvgIpc) is 3.25. The standard InChI is InChI=1S/C30H35Cl2F2N3O4/c1-4-29(5-2,6-3)14-23-30(16-35,20-11-10-17(31)12-22(20)33)25(19-8-7-9-21(32)26(19)34)27(37-23)28(40)41-15-18(38)13-24(36)39/h7-12,18,23,25,27,37-38H,4-6,13-15H2,1-3H3,(H2,36,39)/t18-,23-,25-,27+,30-/m0/s1. The summed E-state index contributed by atoms with van der Waals surface area (Å²) in [5.41, 5.74) is 2.92. The number of amides is 1. The van der Waals surface area contributed by atoms with Gasteiger partial charge >= 0.3 is 5.97 Å². The Balaban J connectivity index is 2.28. The summed E-state index contributed by atoms with van der Waals surface area (Å²) in [6.07, 6.45) is 0.787. The summed E-state index contributed by atoms with van der Waals surface area (Å²) >= 11 is 12.2. The molecule has 0 saturated carbocycles. The quantitative estimate of drug-likeness (QED) is 0.271. The second kappa shape index (κ2) is 13.5. The van der Waals surface area contributed by atoms with E-state index in [1.54, 1.807) is 0 Å². The molecule has 11 heteroatoms. The van der Waals surface area contributed by atoms with Gasteiger partial charge < -0.3 is 15.6 Å². The summed E-state index contributed by atoms with van der Waals surface area (Å²) in [6.45, 7) is 5.52. The van der Waals surface area contributed by atoms with Gasteiger partial charge in [0, 0.05) is 22.5 Å². The van der Waals surface area contributed by atoms with Crippen LogP contribution in [0.15, 0.2) is 36.4 Å². The third-order valence-corrected chi connectivity index (χ3v) is 9.16. The molecule has 0 unspecified atom stereocenters. The van der Waals surface area contributed by atoms with Crippen LogP contribution in [0, 0.1) is 28.4 Å². The van der Waals surface area contributed by atoms with Crippen molar-refractivity contribution in [3.05, 3.63) is 69.2 Å². The number of ether oxygens (including phenoxy) is 1. The lowest BCUT2D eigenvalue weighted by molar-refractivity contribution is -0.150. The molecule has 0 aliphatic carbocycles. The van der Waals surface area contributed by atoms with Gasteiger partial charge in [-0.25, -0.2) is 8.78 Å². The van der Waals surface area contributed by atoms with Crippen LogP contribution in [0.2, 0.25) is 10.0 Å². The van der Waals surface area contributed by atoms with Crippen molar-refractivity contribution in [3.8, 4) is 6.07 Å². The largest absolute Gasteiger partial charge is 0.462 e. The third-order valence-electron chi connectivity index (χ3n) is 8.63. The van der Waals surface area contributed by atoms with E-state index in [2.05, 4.69) is 11.4 Å². The van der Waals surface area contributed by atoms with Gasteiger partial charge in [-0.1, -0.05) is 81.4 Å². The Bertz CT molecular complexity index is 1310. The smallest absolute Gasteiger partial charge is 0.323 e. The summed E-state index contributed by atoms with van der Waals surface area (Å²) in [5.74, 6) is -4.63. The van der Waals surface area contributed by atoms with Crippen molar-refractivity contribution in [1.29, 1.82) is 5.26 Å². The first kappa shape index (κ1) is 32.7. The Kier molecular flexibility index (Phi) is 10.8. The SMILES string of the molecule is CCC(CC)(CC)C[C@@H]1N[C@@H](C(=O)OC[C@@H](O)CC(N)=O)[C@H](c2cccc(Cl)c2F)[C@@]1(C#N)c1ccc(Cl)cc1F. The van der Waals surface area contributed by atoms with Crippen molar-refractivity contribution in [1.82, 2.24) is 5.32 Å². The van der Waals surface area contributed by atoms with E-state index in [4.69, 9.17) is 33.7 Å². The number of hydrogen-bond donors (Lipinski definition) is 3. The zero-order valence-electron chi connectivity index (χ0n) is 23.2. The van der Waals surface area contributed by atoms with E-state index in [9.17, 15) is 20.0 Å². The number of benzene rings is 2. The lowest BCUT2D eigenvalue weighted by Gasteiger charge is -2.40. The molecule has 5 atom stereocenters. The molecule has 2 aromatic rings. The number of esters is 1. The van der Waals surface area contributed by atoms with Crippen LogP contribution < -0.4 is 11.1 Å². The maximum Gasteiger partial charge on any atom is 0.323 e. The van der Waals surface area contributed by atoms with Crippen LogP contribution >= 0.6 is 23.2 Å². The zero-order valence-corrected chi connectivity index (χ0v) is 24.7. The molecule has 7 nitrogen and oxygen atoms in total. The van der Waals surface area contributed by atoms with E-state index in [1.807, 2.05) is 20.8 Å². The second-order valence-corrected chi connectivity index (χ2v) is 11.5. The van der Waals surface area contributed by atoms with Crippen LogP contribution in [-0.2, 0) is 19.7 Å². The van der Waals surface area contributed by atoms with E-state index >= 15 is 8.78 Å². The molecule has 0 spiro atoms. The van der Waals surface area contributed by atoms with Crippen molar-refractivity contribution < 1.29 is 28.2 Å². The van der Waals surface area contributed by atoms with Crippen LogP contribution in [0.5, 0.6) is 0 Å². The van der Waals surface area contributed by atoms with Crippen LogP contribution in [-0.4, -0.2) is 41.8 Å². The normalized spacial score (nSPS) is 23.1. The zero-order chi connectivity index (χ0) is 30.5. The minimum absolute atomic E-state index is 0.0486. The highest BCUT2D eigenvalue weighted by Crippen LogP contribution is 2.54. The minimum Gasteiger partial charge on any atom is -0.462 e. The fourth-order valence-electron chi connectivity index (χ4n) is 6.10. The highest BCUT2D eigenvalue weighted by molar-refractivity contribution is 6.31. The van der Waals surface area contributed by atoms with Gasteiger partial charge in [0.25, 0.3) is 0 Å². The number of nitrogens with one attached hydrogen (secondary N) is 1. The molecule has 2 aromatic carbocycles. The Labute approximate surface area is 249 Å². The second-order valence-electron chi connectivity index (χ2n) is 10.6. The van der Waals surface area contributed by atoms with Gasteiger partial charge in [0.1, 0.15) is 29.7 Å². The van der Waals surface area contributed by atoms with E-state index in [0.717, 1.165) is 25.3 Å². The van der Waals surface area contributed by atoms with Crippen LogP contribution in [0.4, 0.5) is 8.78 Å². The number of primary amides is 1. The summed E-state index contributed by atoms with van der Waals surface area (Å²) in [7, 11) is 0. The lowest BCUT2D eigenvalue weighted by atomic mass is 9.61.